The maximum atomic E-state index is 5.30. The molecule has 0 atom stereocenters. The molecule has 3 nitrogen and oxygen atoms in total. The number of hydrogen-bond donors (Lipinski definition) is 2. The number of H-pyrrole nitrogens is 1. The molecule has 0 aliphatic heterocycles. The molecule has 0 spiro atoms. The maximum absolute atomic E-state index is 5.30. The third-order valence-electron chi connectivity index (χ3n) is 1.16. The number of rotatable bonds is 3. The molecule has 1 aromatic heterocycles. The fraction of sp³-hybridized carbons (Fsp3) is 0.333. The van der Waals surface area contributed by atoms with E-state index in [1.165, 1.54) is 0 Å². The Morgan fingerprint density at radius 3 is 2.91 bits per heavy atom. The van der Waals surface area contributed by atoms with Crippen molar-refractivity contribution in [3.8, 4) is 0 Å². The number of nitrogens with zero attached hydrogens (tertiary/aromatic N) is 1. The van der Waals surface area contributed by atoms with Gasteiger partial charge in [-0.2, -0.15) is 0 Å². The smallest absolute Gasteiger partial charge is 0.106 e. The number of aromatic nitrogens is 2. The molecule has 1 heterocycles. The molecule has 0 saturated carbocycles. The van der Waals surface area contributed by atoms with E-state index in [1.807, 2.05) is 0 Å². The van der Waals surface area contributed by atoms with Gasteiger partial charge in [0.05, 0.1) is 4.99 Å². The molecule has 62 valence electrons. The minimum Gasteiger partial charge on any atom is -0.393 e. The van der Waals surface area contributed by atoms with Crippen LogP contribution in [0.15, 0.2) is 12.4 Å². The molecule has 1 aromatic rings. The normalized spacial score (nSPS) is 8.73. The minimum absolute atomic E-state index is 0. The second-order valence-corrected chi connectivity index (χ2v) is 2.53. The zero-order valence-electron chi connectivity index (χ0n) is 5.91. The molecular weight excluding hydrogens is 182 g/mol. The van der Waals surface area contributed by atoms with Gasteiger partial charge in [0.2, 0.25) is 0 Å². The average Bonchev–Trinajstić information content (AvgIpc) is 2.34. The Kier molecular flexibility index (Phi) is 4.81. The van der Waals surface area contributed by atoms with Crippen molar-refractivity contribution >= 4 is 29.6 Å². The lowest BCUT2D eigenvalue weighted by atomic mass is 10.3. The van der Waals surface area contributed by atoms with Gasteiger partial charge in [-0.25, -0.2) is 4.98 Å². The van der Waals surface area contributed by atoms with Gasteiger partial charge in [-0.05, 0) is 0 Å². The largest absolute Gasteiger partial charge is 0.393 e. The van der Waals surface area contributed by atoms with Crippen molar-refractivity contribution in [1.82, 2.24) is 9.97 Å². The summed E-state index contributed by atoms with van der Waals surface area (Å²) in [5, 5.41) is 0. The molecule has 0 amide bonds. The summed E-state index contributed by atoms with van der Waals surface area (Å²) in [6, 6.07) is 0. The number of hydrogen-bond acceptors (Lipinski definition) is 2. The van der Waals surface area contributed by atoms with Crippen molar-refractivity contribution in [2.45, 2.75) is 12.8 Å². The fourth-order valence-corrected chi connectivity index (χ4v) is 0.778. The zero-order chi connectivity index (χ0) is 7.40. The fourth-order valence-electron chi connectivity index (χ4n) is 0.676. The molecular formula is C6H10ClN3S. The second kappa shape index (κ2) is 5.09. The van der Waals surface area contributed by atoms with E-state index in [0.29, 0.717) is 4.99 Å². The Bertz CT molecular complexity index is 210. The molecule has 0 aliphatic rings. The molecule has 0 unspecified atom stereocenters. The van der Waals surface area contributed by atoms with Crippen molar-refractivity contribution in [2.75, 3.05) is 0 Å². The quantitative estimate of drug-likeness (QED) is 0.703. The molecule has 0 fully saturated rings. The highest BCUT2D eigenvalue weighted by atomic mass is 35.5. The van der Waals surface area contributed by atoms with E-state index in [2.05, 4.69) is 9.97 Å². The summed E-state index contributed by atoms with van der Waals surface area (Å²) < 4.78 is 0. The maximum Gasteiger partial charge on any atom is 0.106 e. The molecule has 0 bridgehead atoms. The number of halogens is 1. The third-order valence-corrected chi connectivity index (χ3v) is 1.37. The van der Waals surface area contributed by atoms with Gasteiger partial charge in [-0.15, -0.1) is 12.4 Å². The van der Waals surface area contributed by atoms with Gasteiger partial charge in [0, 0.05) is 25.2 Å². The SMILES string of the molecule is Cl.NC(=S)CCc1ncc[nH]1. The van der Waals surface area contributed by atoms with Gasteiger partial charge in [0.15, 0.2) is 0 Å². The van der Waals surface area contributed by atoms with Crippen molar-refractivity contribution in [1.29, 1.82) is 0 Å². The standard InChI is InChI=1S/C6H9N3S.ClH/c7-5(10)1-2-6-8-3-4-9-6;/h3-4H,1-2H2,(H2,7,10)(H,8,9);1H. The summed E-state index contributed by atoms with van der Waals surface area (Å²) in [5.74, 6) is 0.938. The highest BCUT2D eigenvalue weighted by Gasteiger charge is 1.94. The highest BCUT2D eigenvalue weighted by Crippen LogP contribution is 1.93. The van der Waals surface area contributed by atoms with Crippen LogP contribution >= 0.6 is 24.6 Å². The number of aromatic amines is 1. The van der Waals surface area contributed by atoms with Crippen LogP contribution in [0.25, 0.3) is 0 Å². The van der Waals surface area contributed by atoms with Crippen molar-refractivity contribution in [3.63, 3.8) is 0 Å². The van der Waals surface area contributed by atoms with Gasteiger partial charge in [-0.1, -0.05) is 12.2 Å². The zero-order valence-corrected chi connectivity index (χ0v) is 7.54. The first-order valence-electron chi connectivity index (χ1n) is 3.05. The Labute approximate surface area is 76.8 Å². The van der Waals surface area contributed by atoms with Crippen LogP contribution in [0.3, 0.4) is 0 Å². The van der Waals surface area contributed by atoms with Crippen LogP contribution in [0.2, 0.25) is 0 Å². The predicted molar refractivity (Wildman–Crippen MR) is 50.9 cm³/mol. The van der Waals surface area contributed by atoms with Crippen LogP contribution in [0.1, 0.15) is 12.2 Å². The topological polar surface area (TPSA) is 54.7 Å². The summed E-state index contributed by atoms with van der Waals surface area (Å²) in [5.41, 5.74) is 5.30. The summed E-state index contributed by atoms with van der Waals surface area (Å²) >= 11 is 4.70. The van der Waals surface area contributed by atoms with Crippen LogP contribution in [0.5, 0.6) is 0 Å². The van der Waals surface area contributed by atoms with Crippen LogP contribution in [-0.2, 0) is 6.42 Å². The summed E-state index contributed by atoms with van der Waals surface area (Å²) in [6.45, 7) is 0. The molecule has 5 heteroatoms. The van der Waals surface area contributed by atoms with Crippen LogP contribution < -0.4 is 5.73 Å². The lowest BCUT2D eigenvalue weighted by Crippen LogP contribution is -2.08. The molecule has 3 N–H and O–H groups in total. The number of nitrogens with two attached hydrogens (primary N) is 1. The molecule has 0 aromatic carbocycles. The van der Waals surface area contributed by atoms with E-state index >= 15 is 0 Å². The van der Waals surface area contributed by atoms with E-state index in [-0.39, 0.29) is 12.4 Å². The first-order chi connectivity index (χ1) is 4.79. The van der Waals surface area contributed by atoms with Crippen LogP contribution in [0.4, 0.5) is 0 Å². The van der Waals surface area contributed by atoms with Gasteiger partial charge in [-0.3, -0.25) is 0 Å². The lowest BCUT2D eigenvalue weighted by Gasteiger charge is -1.92. The minimum atomic E-state index is 0. The van der Waals surface area contributed by atoms with E-state index in [0.717, 1.165) is 18.7 Å². The van der Waals surface area contributed by atoms with E-state index < -0.39 is 0 Å². The number of imidazole rings is 1. The van der Waals surface area contributed by atoms with Gasteiger partial charge >= 0.3 is 0 Å². The van der Waals surface area contributed by atoms with Gasteiger partial charge < -0.3 is 10.7 Å². The summed E-state index contributed by atoms with van der Waals surface area (Å²) in [7, 11) is 0. The second-order valence-electron chi connectivity index (χ2n) is 2.00. The Balaban J connectivity index is 0.000001000. The summed E-state index contributed by atoms with van der Waals surface area (Å²) in [4.78, 5) is 7.52. The molecule has 11 heavy (non-hydrogen) atoms. The van der Waals surface area contributed by atoms with E-state index in [1.54, 1.807) is 12.4 Å². The van der Waals surface area contributed by atoms with Crippen LogP contribution in [-0.4, -0.2) is 15.0 Å². The molecule has 0 aliphatic carbocycles. The number of aryl methyl sites for hydroxylation is 1. The molecule has 0 saturated heterocycles. The number of nitrogens with one attached hydrogen (secondary N) is 1. The lowest BCUT2D eigenvalue weighted by molar-refractivity contribution is 0.936. The van der Waals surface area contributed by atoms with E-state index in [4.69, 9.17) is 18.0 Å². The first kappa shape index (κ1) is 10.4. The van der Waals surface area contributed by atoms with Gasteiger partial charge in [0.25, 0.3) is 0 Å². The Hall–Kier alpha value is -0.610. The Morgan fingerprint density at radius 1 is 1.73 bits per heavy atom. The molecule has 0 radical (unpaired) electrons. The Morgan fingerprint density at radius 2 is 2.45 bits per heavy atom. The van der Waals surface area contributed by atoms with Crippen molar-refractivity contribution in [3.05, 3.63) is 18.2 Å². The van der Waals surface area contributed by atoms with E-state index in [9.17, 15) is 0 Å². The third kappa shape index (κ3) is 3.95. The van der Waals surface area contributed by atoms with Crippen LogP contribution in [0, 0.1) is 0 Å². The monoisotopic (exact) mass is 191 g/mol. The van der Waals surface area contributed by atoms with Crippen molar-refractivity contribution in [2.24, 2.45) is 5.73 Å². The predicted octanol–water partition coefficient (Wildman–Crippen LogP) is 1.05. The molecule has 1 rings (SSSR count). The highest BCUT2D eigenvalue weighted by molar-refractivity contribution is 7.80. The number of thiocarbonyl (C=S) groups is 1. The van der Waals surface area contributed by atoms with Gasteiger partial charge in [0.1, 0.15) is 5.82 Å². The van der Waals surface area contributed by atoms with Crippen molar-refractivity contribution < 1.29 is 0 Å². The summed E-state index contributed by atoms with van der Waals surface area (Å²) in [6.07, 6.45) is 5.04. The first-order valence-corrected chi connectivity index (χ1v) is 3.46. The average molecular weight is 192 g/mol.